The van der Waals surface area contributed by atoms with Crippen LogP contribution in [0.4, 0.5) is 0 Å². The van der Waals surface area contributed by atoms with Crippen molar-refractivity contribution in [3.63, 3.8) is 0 Å². The molecule has 0 saturated heterocycles. The summed E-state index contributed by atoms with van der Waals surface area (Å²) in [4.78, 5) is 2.33. The van der Waals surface area contributed by atoms with Crippen LogP contribution in [0, 0.1) is 0 Å². The quantitative estimate of drug-likeness (QED) is 0.680. The first-order valence-electron chi connectivity index (χ1n) is 5.49. The van der Waals surface area contributed by atoms with Crippen molar-refractivity contribution in [2.45, 2.75) is 51.2 Å². The van der Waals surface area contributed by atoms with Gasteiger partial charge in [0.2, 0.25) is 0 Å². The van der Waals surface area contributed by atoms with Crippen molar-refractivity contribution in [3.05, 3.63) is 12.2 Å². The van der Waals surface area contributed by atoms with E-state index in [1.165, 1.54) is 6.42 Å². The largest absolute Gasteiger partial charge is 0.307 e. The molecule has 0 aliphatic heterocycles. The highest BCUT2D eigenvalue weighted by atomic mass is 15.2. The van der Waals surface area contributed by atoms with Gasteiger partial charge < -0.3 is 10.2 Å². The van der Waals surface area contributed by atoms with E-state index >= 15 is 0 Å². The first-order valence-corrected chi connectivity index (χ1v) is 5.49. The van der Waals surface area contributed by atoms with Gasteiger partial charge in [-0.15, -0.1) is 0 Å². The molecule has 2 nitrogen and oxygen atoms in total. The molecule has 1 aliphatic rings. The Kier molecular flexibility index (Phi) is 3.73. The van der Waals surface area contributed by atoms with Crippen LogP contribution >= 0.6 is 0 Å². The number of rotatable bonds is 2. The third-order valence-electron chi connectivity index (χ3n) is 2.68. The second-order valence-corrected chi connectivity index (χ2v) is 5.47. The Morgan fingerprint density at radius 3 is 2.21 bits per heavy atom. The second kappa shape index (κ2) is 4.45. The van der Waals surface area contributed by atoms with E-state index in [-0.39, 0.29) is 5.54 Å². The van der Waals surface area contributed by atoms with Gasteiger partial charge in [0.15, 0.2) is 0 Å². The van der Waals surface area contributed by atoms with Crippen molar-refractivity contribution in [1.82, 2.24) is 10.2 Å². The van der Waals surface area contributed by atoms with Gasteiger partial charge in [0, 0.05) is 17.6 Å². The van der Waals surface area contributed by atoms with E-state index in [0.717, 1.165) is 6.42 Å². The van der Waals surface area contributed by atoms with Gasteiger partial charge in [-0.05, 0) is 47.7 Å². The molecule has 0 unspecified atom stereocenters. The standard InChI is InChI=1S/C12H24N2/c1-12(2,3)13-10-8-6-7-9-11(10)14(4)5/h6-7,10-11,13H,8-9H2,1-5H3/t10-,11-/m1/s1. The van der Waals surface area contributed by atoms with Crippen LogP contribution in [0.1, 0.15) is 33.6 Å². The Balaban J connectivity index is 2.61. The Bertz CT molecular complexity index is 201. The molecule has 0 fully saturated rings. The van der Waals surface area contributed by atoms with Gasteiger partial charge in [0.05, 0.1) is 0 Å². The van der Waals surface area contributed by atoms with Gasteiger partial charge in [-0.1, -0.05) is 12.2 Å². The maximum Gasteiger partial charge on any atom is 0.0280 e. The zero-order valence-electron chi connectivity index (χ0n) is 10.2. The first-order chi connectivity index (χ1) is 6.40. The van der Waals surface area contributed by atoms with Crippen LogP contribution in [0.25, 0.3) is 0 Å². The molecule has 14 heavy (non-hydrogen) atoms. The Hall–Kier alpha value is -0.340. The fourth-order valence-corrected chi connectivity index (χ4v) is 2.08. The first kappa shape index (κ1) is 11.7. The van der Waals surface area contributed by atoms with Crippen LogP contribution in [0.2, 0.25) is 0 Å². The predicted octanol–water partition coefficient (Wildman–Crippen LogP) is 2.02. The van der Waals surface area contributed by atoms with E-state index in [1.54, 1.807) is 0 Å². The lowest BCUT2D eigenvalue weighted by atomic mass is 9.92. The van der Waals surface area contributed by atoms with Crippen molar-refractivity contribution < 1.29 is 0 Å². The summed E-state index contributed by atoms with van der Waals surface area (Å²) in [6.07, 6.45) is 6.91. The molecule has 0 saturated carbocycles. The number of hydrogen-bond acceptors (Lipinski definition) is 2. The van der Waals surface area contributed by atoms with Crippen LogP contribution < -0.4 is 5.32 Å². The molecular formula is C12H24N2. The summed E-state index contributed by atoms with van der Waals surface area (Å²) >= 11 is 0. The lowest BCUT2D eigenvalue weighted by Crippen LogP contribution is -2.54. The van der Waals surface area contributed by atoms with Crippen LogP contribution in [0.5, 0.6) is 0 Å². The Morgan fingerprint density at radius 1 is 1.14 bits per heavy atom. The molecule has 0 aromatic carbocycles. The van der Waals surface area contributed by atoms with Gasteiger partial charge in [-0.3, -0.25) is 0 Å². The molecule has 1 aliphatic carbocycles. The molecule has 0 heterocycles. The van der Waals surface area contributed by atoms with E-state index in [1.807, 2.05) is 0 Å². The van der Waals surface area contributed by atoms with Crippen LogP contribution in [0.3, 0.4) is 0 Å². The molecule has 2 heteroatoms. The summed E-state index contributed by atoms with van der Waals surface area (Å²) in [5.41, 5.74) is 0.212. The molecule has 0 spiro atoms. The Labute approximate surface area is 88.4 Å². The fourth-order valence-electron chi connectivity index (χ4n) is 2.08. The van der Waals surface area contributed by atoms with Crippen molar-refractivity contribution >= 4 is 0 Å². The van der Waals surface area contributed by atoms with Gasteiger partial charge in [0.25, 0.3) is 0 Å². The summed E-state index contributed by atoms with van der Waals surface area (Å²) in [5, 5.41) is 3.70. The van der Waals surface area contributed by atoms with Crippen molar-refractivity contribution in [1.29, 1.82) is 0 Å². The highest BCUT2D eigenvalue weighted by molar-refractivity contribution is 5.02. The van der Waals surface area contributed by atoms with Crippen LogP contribution in [0.15, 0.2) is 12.2 Å². The lowest BCUT2D eigenvalue weighted by molar-refractivity contribution is 0.196. The average molecular weight is 196 g/mol. The van der Waals surface area contributed by atoms with Crippen molar-refractivity contribution in [2.24, 2.45) is 0 Å². The highest BCUT2D eigenvalue weighted by Gasteiger charge is 2.27. The van der Waals surface area contributed by atoms with Crippen molar-refractivity contribution in [3.8, 4) is 0 Å². The molecule has 0 radical (unpaired) electrons. The molecule has 0 amide bonds. The van der Waals surface area contributed by atoms with E-state index < -0.39 is 0 Å². The number of likely N-dealkylation sites (N-methyl/N-ethyl adjacent to an activating group) is 1. The maximum atomic E-state index is 3.70. The van der Waals surface area contributed by atoms with Gasteiger partial charge in [-0.25, -0.2) is 0 Å². The summed E-state index contributed by atoms with van der Waals surface area (Å²) < 4.78 is 0. The van der Waals surface area contributed by atoms with E-state index in [9.17, 15) is 0 Å². The predicted molar refractivity (Wildman–Crippen MR) is 62.5 cm³/mol. The fraction of sp³-hybridized carbons (Fsp3) is 0.833. The second-order valence-electron chi connectivity index (χ2n) is 5.47. The zero-order valence-corrected chi connectivity index (χ0v) is 10.2. The van der Waals surface area contributed by atoms with Gasteiger partial charge in [-0.2, -0.15) is 0 Å². The molecule has 2 atom stereocenters. The molecule has 0 bridgehead atoms. The Morgan fingerprint density at radius 2 is 1.71 bits per heavy atom. The summed E-state index contributed by atoms with van der Waals surface area (Å²) in [6, 6.07) is 1.23. The minimum Gasteiger partial charge on any atom is -0.307 e. The summed E-state index contributed by atoms with van der Waals surface area (Å²) in [6.45, 7) is 6.70. The van der Waals surface area contributed by atoms with Gasteiger partial charge in [0.1, 0.15) is 0 Å². The molecule has 1 N–H and O–H groups in total. The number of nitrogens with one attached hydrogen (secondary N) is 1. The average Bonchev–Trinajstić information content (AvgIpc) is 2.01. The third kappa shape index (κ3) is 3.43. The molecule has 0 aromatic heterocycles. The summed E-state index contributed by atoms with van der Waals surface area (Å²) in [7, 11) is 4.34. The molecule has 1 rings (SSSR count). The van der Waals surface area contributed by atoms with E-state index in [2.05, 4.69) is 57.2 Å². The monoisotopic (exact) mass is 196 g/mol. The smallest absolute Gasteiger partial charge is 0.0280 e. The topological polar surface area (TPSA) is 15.3 Å². The van der Waals surface area contributed by atoms with E-state index in [4.69, 9.17) is 0 Å². The van der Waals surface area contributed by atoms with Crippen LogP contribution in [-0.4, -0.2) is 36.6 Å². The SMILES string of the molecule is CN(C)[C@@H]1CC=CC[C@H]1NC(C)(C)C. The number of hydrogen-bond donors (Lipinski definition) is 1. The molecule has 82 valence electrons. The number of nitrogens with zero attached hydrogens (tertiary/aromatic N) is 1. The van der Waals surface area contributed by atoms with E-state index in [0.29, 0.717) is 12.1 Å². The molecular weight excluding hydrogens is 172 g/mol. The van der Waals surface area contributed by atoms with Crippen LogP contribution in [-0.2, 0) is 0 Å². The minimum atomic E-state index is 0.212. The third-order valence-corrected chi connectivity index (χ3v) is 2.68. The lowest BCUT2D eigenvalue weighted by Gasteiger charge is -2.38. The summed E-state index contributed by atoms with van der Waals surface area (Å²) in [5.74, 6) is 0. The maximum absolute atomic E-state index is 3.70. The molecule has 0 aromatic rings. The normalized spacial score (nSPS) is 28.4. The van der Waals surface area contributed by atoms with Gasteiger partial charge >= 0.3 is 0 Å². The zero-order chi connectivity index (χ0) is 10.8. The van der Waals surface area contributed by atoms with Crippen molar-refractivity contribution in [2.75, 3.05) is 14.1 Å². The minimum absolute atomic E-state index is 0.212. The highest BCUT2D eigenvalue weighted by Crippen LogP contribution is 2.18.